The number of Topliss-reactive ketones (excluding diaryl/α,β-unsaturated/α-hetero) is 1. The van der Waals surface area contributed by atoms with Crippen LogP contribution >= 0.6 is 11.3 Å². The summed E-state index contributed by atoms with van der Waals surface area (Å²) in [6, 6.07) is 12.4. The van der Waals surface area contributed by atoms with Crippen LogP contribution in [0.25, 0.3) is 16.3 Å². The molecule has 0 atom stereocenters. The molecule has 0 bridgehead atoms. The van der Waals surface area contributed by atoms with Crippen LogP contribution in [0.3, 0.4) is 0 Å². The largest absolute Gasteiger partial charge is 0.443 e. The van der Waals surface area contributed by atoms with Gasteiger partial charge in [-0.2, -0.15) is 0 Å². The number of rotatable bonds is 5. The zero-order valence-corrected chi connectivity index (χ0v) is 20.1. The summed E-state index contributed by atoms with van der Waals surface area (Å²) in [5, 5.41) is 0. The Morgan fingerprint density at radius 3 is 2.58 bits per heavy atom. The van der Waals surface area contributed by atoms with Crippen molar-refractivity contribution in [1.82, 2.24) is 9.55 Å². The van der Waals surface area contributed by atoms with E-state index in [-0.39, 0.29) is 15.4 Å². The number of nitrogens with zero attached hydrogens (tertiary/aromatic N) is 2. The molecule has 0 aliphatic heterocycles. The second-order valence-electron chi connectivity index (χ2n) is 9.06. The maximum atomic E-state index is 12.9. The SMILES string of the molecule is Cc1cc2c(n1-c1ccc(NS(=O)(=O)c3ccc(-c4cnco4)s3)cc1)CC(C)(C)CC2=O. The van der Waals surface area contributed by atoms with Crippen molar-refractivity contribution < 1.29 is 17.6 Å². The number of carbonyl (C=O) groups excluding carboxylic acids is 1. The fraction of sp³-hybridized carbons (Fsp3) is 0.250. The molecule has 9 heteroatoms. The number of fused-ring (bicyclic) bond motifs is 1. The highest BCUT2D eigenvalue weighted by Crippen LogP contribution is 2.38. The van der Waals surface area contributed by atoms with E-state index >= 15 is 0 Å². The Morgan fingerprint density at radius 2 is 1.88 bits per heavy atom. The van der Waals surface area contributed by atoms with Crippen LogP contribution in [0.1, 0.15) is 42.0 Å². The molecule has 0 radical (unpaired) electrons. The normalized spacial score (nSPS) is 15.4. The lowest BCUT2D eigenvalue weighted by atomic mass is 9.76. The van der Waals surface area contributed by atoms with Gasteiger partial charge in [-0.05, 0) is 61.2 Å². The van der Waals surface area contributed by atoms with E-state index < -0.39 is 10.0 Å². The van der Waals surface area contributed by atoms with Crippen molar-refractivity contribution >= 4 is 32.8 Å². The first-order valence-corrected chi connectivity index (χ1v) is 12.8. The van der Waals surface area contributed by atoms with Crippen molar-refractivity contribution in [3.8, 4) is 16.3 Å². The van der Waals surface area contributed by atoms with Crippen LogP contribution in [-0.4, -0.2) is 23.8 Å². The van der Waals surface area contributed by atoms with Gasteiger partial charge < -0.3 is 8.98 Å². The smallest absolute Gasteiger partial charge is 0.271 e. The number of ketones is 1. The van der Waals surface area contributed by atoms with Crippen molar-refractivity contribution in [3.63, 3.8) is 0 Å². The minimum Gasteiger partial charge on any atom is -0.443 e. The van der Waals surface area contributed by atoms with E-state index in [0.29, 0.717) is 22.7 Å². The molecule has 33 heavy (non-hydrogen) atoms. The van der Waals surface area contributed by atoms with E-state index in [0.717, 1.165) is 40.4 Å². The second kappa shape index (κ2) is 7.71. The summed E-state index contributed by atoms with van der Waals surface area (Å²) in [4.78, 5) is 17.2. The van der Waals surface area contributed by atoms with Crippen molar-refractivity contribution in [2.45, 2.75) is 37.8 Å². The van der Waals surface area contributed by atoms with Crippen LogP contribution < -0.4 is 4.72 Å². The maximum Gasteiger partial charge on any atom is 0.271 e. The quantitative estimate of drug-likeness (QED) is 0.409. The first-order chi connectivity index (χ1) is 15.6. The lowest BCUT2D eigenvalue weighted by molar-refractivity contribution is 0.0911. The van der Waals surface area contributed by atoms with Gasteiger partial charge in [0.1, 0.15) is 4.21 Å². The second-order valence-corrected chi connectivity index (χ2v) is 12.1. The third-order valence-electron chi connectivity index (χ3n) is 5.77. The number of aromatic nitrogens is 2. The van der Waals surface area contributed by atoms with Crippen LogP contribution in [0, 0.1) is 12.3 Å². The van der Waals surface area contributed by atoms with E-state index in [1.54, 1.807) is 30.5 Å². The summed E-state index contributed by atoms with van der Waals surface area (Å²) in [6.07, 6.45) is 4.21. The molecule has 0 saturated carbocycles. The molecule has 1 aliphatic rings. The third-order valence-corrected chi connectivity index (χ3v) is 8.74. The number of hydrogen-bond acceptors (Lipinski definition) is 6. The predicted octanol–water partition coefficient (Wildman–Crippen LogP) is 5.46. The number of thiophene rings is 1. The highest BCUT2D eigenvalue weighted by atomic mass is 32.2. The van der Waals surface area contributed by atoms with E-state index in [4.69, 9.17) is 4.42 Å². The topological polar surface area (TPSA) is 94.2 Å². The van der Waals surface area contributed by atoms with Crippen LogP contribution in [0.2, 0.25) is 0 Å². The summed E-state index contributed by atoms with van der Waals surface area (Å²) in [7, 11) is -3.74. The Labute approximate surface area is 196 Å². The van der Waals surface area contributed by atoms with Gasteiger partial charge in [0.25, 0.3) is 10.0 Å². The van der Waals surface area contributed by atoms with Crippen molar-refractivity contribution in [1.29, 1.82) is 0 Å². The molecule has 1 aliphatic carbocycles. The van der Waals surface area contributed by atoms with E-state index in [9.17, 15) is 13.2 Å². The molecule has 0 spiro atoms. The first-order valence-electron chi connectivity index (χ1n) is 10.5. The zero-order valence-electron chi connectivity index (χ0n) is 18.5. The number of carbonyl (C=O) groups is 1. The van der Waals surface area contributed by atoms with Crippen molar-refractivity contribution in [3.05, 3.63) is 72.0 Å². The Kier molecular flexibility index (Phi) is 5.06. The van der Waals surface area contributed by atoms with Crippen molar-refractivity contribution in [2.24, 2.45) is 5.41 Å². The van der Waals surface area contributed by atoms with Gasteiger partial charge in [-0.1, -0.05) is 13.8 Å². The van der Waals surface area contributed by atoms with Crippen LogP contribution in [0.5, 0.6) is 0 Å². The van der Waals surface area contributed by atoms with Crippen LogP contribution in [0.15, 0.2) is 63.7 Å². The summed E-state index contributed by atoms with van der Waals surface area (Å²) in [5.74, 6) is 0.700. The Hall–Kier alpha value is -3.17. The average molecular weight is 482 g/mol. The molecule has 1 N–H and O–H groups in total. The molecule has 4 aromatic rings. The number of benzene rings is 1. The number of sulfonamides is 1. The summed E-state index contributed by atoms with van der Waals surface area (Å²) in [5.41, 5.74) is 4.05. The molecule has 3 aromatic heterocycles. The monoisotopic (exact) mass is 481 g/mol. The summed E-state index contributed by atoms with van der Waals surface area (Å²) in [6.45, 7) is 6.20. The Bertz CT molecular complexity index is 1440. The minimum atomic E-state index is -3.74. The molecule has 170 valence electrons. The standard InChI is InChI=1S/C24H23N3O4S2/c1-15-10-18-19(11-24(2,3)12-20(18)28)27(15)17-6-4-16(5-7-17)26-33(29,30)23-9-8-22(32-23)21-13-25-14-31-21/h4-10,13-14,26H,11-12H2,1-3H3. The number of nitrogens with one attached hydrogen (secondary N) is 1. The van der Waals surface area contributed by atoms with Gasteiger partial charge in [0.05, 0.1) is 11.1 Å². The van der Waals surface area contributed by atoms with E-state index in [2.05, 4.69) is 28.1 Å². The Morgan fingerprint density at radius 1 is 1.12 bits per heavy atom. The molecular formula is C24H23N3O4S2. The predicted molar refractivity (Wildman–Crippen MR) is 128 cm³/mol. The van der Waals surface area contributed by atoms with Crippen LogP contribution in [0.4, 0.5) is 5.69 Å². The average Bonchev–Trinajstić information content (AvgIpc) is 3.47. The number of oxazole rings is 1. The lowest BCUT2D eigenvalue weighted by Crippen LogP contribution is -2.27. The zero-order chi connectivity index (χ0) is 23.4. The lowest BCUT2D eigenvalue weighted by Gasteiger charge is -2.30. The third kappa shape index (κ3) is 4.02. The summed E-state index contributed by atoms with van der Waals surface area (Å²) < 4.78 is 35.9. The van der Waals surface area contributed by atoms with E-state index in [1.807, 2.05) is 25.1 Å². The maximum absolute atomic E-state index is 12.9. The van der Waals surface area contributed by atoms with Gasteiger partial charge in [0.2, 0.25) is 0 Å². The van der Waals surface area contributed by atoms with Gasteiger partial charge in [-0.3, -0.25) is 9.52 Å². The highest BCUT2D eigenvalue weighted by Gasteiger charge is 2.34. The van der Waals surface area contributed by atoms with Gasteiger partial charge >= 0.3 is 0 Å². The first kappa shape index (κ1) is 21.7. The van der Waals surface area contributed by atoms with Gasteiger partial charge in [0, 0.05) is 34.7 Å². The Balaban J connectivity index is 1.41. The van der Waals surface area contributed by atoms with E-state index in [1.165, 1.54) is 6.39 Å². The van der Waals surface area contributed by atoms with Crippen molar-refractivity contribution in [2.75, 3.05) is 4.72 Å². The molecule has 3 heterocycles. The van der Waals surface area contributed by atoms with Gasteiger partial charge in [-0.15, -0.1) is 11.3 Å². The van der Waals surface area contributed by atoms with Gasteiger partial charge in [0.15, 0.2) is 17.9 Å². The molecule has 7 nitrogen and oxygen atoms in total. The molecule has 5 rings (SSSR count). The minimum absolute atomic E-state index is 0.0898. The van der Waals surface area contributed by atoms with Gasteiger partial charge in [-0.25, -0.2) is 13.4 Å². The fourth-order valence-corrected chi connectivity index (χ4v) is 6.65. The number of aryl methyl sites for hydroxylation is 1. The van der Waals surface area contributed by atoms with Crippen LogP contribution in [-0.2, 0) is 16.4 Å². The molecule has 0 unspecified atom stereocenters. The molecular weight excluding hydrogens is 458 g/mol. The number of hydrogen-bond donors (Lipinski definition) is 1. The highest BCUT2D eigenvalue weighted by molar-refractivity contribution is 7.94. The fourth-order valence-electron chi connectivity index (χ4n) is 4.33. The molecule has 0 fully saturated rings. The molecule has 0 saturated heterocycles. The molecule has 1 aromatic carbocycles. The molecule has 0 amide bonds. The number of anilines is 1. The summed E-state index contributed by atoms with van der Waals surface area (Å²) >= 11 is 1.12.